The SMILES string of the molecule is O=C(NCCc1ccccc1)c1cccc(NCc2cnc(Cl)s2)c1. The lowest BCUT2D eigenvalue weighted by Gasteiger charge is -2.08. The Kier molecular flexibility index (Phi) is 6.04. The molecule has 2 aromatic carbocycles. The molecule has 6 heteroatoms. The van der Waals surface area contributed by atoms with Crippen LogP contribution in [0.15, 0.2) is 60.8 Å². The van der Waals surface area contributed by atoms with E-state index in [0.717, 1.165) is 17.0 Å². The first kappa shape index (κ1) is 17.5. The topological polar surface area (TPSA) is 54.0 Å². The van der Waals surface area contributed by atoms with Gasteiger partial charge in [0.2, 0.25) is 0 Å². The monoisotopic (exact) mass is 371 g/mol. The summed E-state index contributed by atoms with van der Waals surface area (Å²) in [7, 11) is 0. The Hall–Kier alpha value is -2.37. The standard InChI is InChI=1S/C19H18ClN3OS/c20-19-23-13-17(25-19)12-22-16-8-4-7-15(11-16)18(24)21-10-9-14-5-2-1-3-6-14/h1-8,11,13,22H,9-10,12H2,(H,21,24). The minimum Gasteiger partial charge on any atom is -0.380 e. The second kappa shape index (κ2) is 8.65. The smallest absolute Gasteiger partial charge is 0.251 e. The molecule has 0 radical (unpaired) electrons. The molecule has 0 saturated carbocycles. The van der Waals surface area contributed by atoms with Crippen LogP contribution in [0.3, 0.4) is 0 Å². The van der Waals surface area contributed by atoms with E-state index >= 15 is 0 Å². The van der Waals surface area contributed by atoms with Crippen molar-refractivity contribution in [2.24, 2.45) is 0 Å². The van der Waals surface area contributed by atoms with Crippen LogP contribution in [0.5, 0.6) is 0 Å². The summed E-state index contributed by atoms with van der Waals surface area (Å²) >= 11 is 7.27. The van der Waals surface area contributed by atoms with E-state index < -0.39 is 0 Å². The number of aromatic nitrogens is 1. The molecular weight excluding hydrogens is 354 g/mol. The highest BCUT2D eigenvalue weighted by Crippen LogP contribution is 2.19. The second-order valence-electron chi connectivity index (χ2n) is 5.51. The first-order chi connectivity index (χ1) is 12.2. The Labute approximate surface area is 155 Å². The molecule has 25 heavy (non-hydrogen) atoms. The number of hydrogen-bond donors (Lipinski definition) is 2. The number of thiazole rings is 1. The third kappa shape index (κ3) is 5.31. The highest BCUT2D eigenvalue weighted by Gasteiger charge is 2.06. The summed E-state index contributed by atoms with van der Waals surface area (Å²) in [5.74, 6) is -0.0691. The maximum atomic E-state index is 12.3. The molecule has 0 atom stereocenters. The van der Waals surface area contributed by atoms with Gasteiger partial charge in [-0.2, -0.15) is 0 Å². The molecular formula is C19H18ClN3OS. The molecule has 1 heterocycles. The predicted molar refractivity (Wildman–Crippen MR) is 103 cm³/mol. The predicted octanol–water partition coefficient (Wildman–Crippen LogP) is 4.38. The molecule has 3 rings (SSSR count). The summed E-state index contributed by atoms with van der Waals surface area (Å²) < 4.78 is 0.531. The van der Waals surface area contributed by atoms with Gasteiger partial charge < -0.3 is 10.6 Å². The van der Waals surface area contributed by atoms with Gasteiger partial charge in [-0.25, -0.2) is 4.98 Å². The number of nitrogens with one attached hydrogen (secondary N) is 2. The van der Waals surface area contributed by atoms with Crippen LogP contribution in [0.2, 0.25) is 4.47 Å². The zero-order valence-corrected chi connectivity index (χ0v) is 15.1. The van der Waals surface area contributed by atoms with Crippen molar-refractivity contribution in [1.82, 2.24) is 10.3 Å². The molecule has 1 aromatic heterocycles. The number of nitrogens with zero attached hydrogens (tertiary/aromatic N) is 1. The largest absolute Gasteiger partial charge is 0.380 e. The van der Waals surface area contributed by atoms with Crippen LogP contribution in [0.4, 0.5) is 5.69 Å². The molecule has 1 amide bonds. The van der Waals surface area contributed by atoms with Gasteiger partial charge in [0.05, 0.1) is 6.54 Å². The van der Waals surface area contributed by atoms with Crippen LogP contribution < -0.4 is 10.6 Å². The molecule has 128 valence electrons. The lowest BCUT2D eigenvalue weighted by Crippen LogP contribution is -2.25. The second-order valence-corrected chi connectivity index (χ2v) is 7.20. The van der Waals surface area contributed by atoms with Crippen molar-refractivity contribution in [3.63, 3.8) is 0 Å². The van der Waals surface area contributed by atoms with Crippen LogP contribution in [-0.2, 0) is 13.0 Å². The zero-order valence-electron chi connectivity index (χ0n) is 13.5. The molecule has 4 nitrogen and oxygen atoms in total. The Bertz CT molecular complexity index is 835. The lowest BCUT2D eigenvalue weighted by molar-refractivity contribution is 0.0954. The van der Waals surface area contributed by atoms with Gasteiger partial charge in [-0.05, 0) is 30.2 Å². The summed E-state index contributed by atoms with van der Waals surface area (Å²) in [5, 5.41) is 6.24. The van der Waals surface area contributed by atoms with Crippen molar-refractivity contribution in [3.8, 4) is 0 Å². The fraction of sp³-hybridized carbons (Fsp3) is 0.158. The summed E-state index contributed by atoms with van der Waals surface area (Å²) in [5.41, 5.74) is 2.74. The van der Waals surface area contributed by atoms with E-state index in [4.69, 9.17) is 11.6 Å². The minimum atomic E-state index is -0.0691. The number of rotatable bonds is 7. The molecule has 0 fully saturated rings. The Morgan fingerprint density at radius 3 is 2.72 bits per heavy atom. The van der Waals surface area contributed by atoms with E-state index in [1.807, 2.05) is 42.5 Å². The Balaban J connectivity index is 1.52. The van der Waals surface area contributed by atoms with Crippen molar-refractivity contribution in [2.75, 3.05) is 11.9 Å². The maximum Gasteiger partial charge on any atom is 0.251 e. The van der Waals surface area contributed by atoms with Gasteiger partial charge >= 0.3 is 0 Å². The van der Waals surface area contributed by atoms with Crippen molar-refractivity contribution in [2.45, 2.75) is 13.0 Å². The fourth-order valence-corrected chi connectivity index (χ4v) is 3.31. The summed E-state index contributed by atoms with van der Waals surface area (Å²) in [6.07, 6.45) is 2.57. The van der Waals surface area contributed by atoms with E-state index in [2.05, 4.69) is 27.8 Å². The summed E-state index contributed by atoms with van der Waals surface area (Å²) in [6, 6.07) is 17.6. The first-order valence-corrected chi connectivity index (χ1v) is 9.16. The number of anilines is 1. The van der Waals surface area contributed by atoms with E-state index in [1.165, 1.54) is 16.9 Å². The van der Waals surface area contributed by atoms with E-state index in [-0.39, 0.29) is 5.91 Å². The van der Waals surface area contributed by atoms with Crippen LogP contribution in [0, 0.1) is 0 Å². The number of amides is 1. The van der Waals surface area contributed by atoms with Gasteiger partial charge in [0.1, 0.15) is 0 Å². The molecule has 3 aromatic rings. The van der Waals surface area contributed by atoms with Crippen LogP contribution in [0.1, 0.15) is 20.8 Å². The van der Waals surface area contributed by atoms with Crippen molar-refractivity contribution in [3.05, 3.63) is 81.3 Å². The van der Waals surface area contributed by atoms with E-state index in [0.29, 0.717) is 23.1 Å². The molecule has 2 N–H and O–H groups in total. The molecule has 0 aliphatic heterocycles. The quantitative estimate of drug-likeness (QED) is 0.648. The van der Waals surface area contributed by atoms with Crippen molar-refractivity contribution < 1.29 is 4.79 Å². The van der Waals surface area contributed by atoms with E-state index in [1.54, 1.807) is 6.20 Å². The fourth-order valence-electron chi connectivity index (χ4n) is 2.39. The summed E-state index contributed by atoms with van der Waals surface area (Å²) in [4.78, 5) is 17.4. The Morgan fingerprint density at radius 1 is 1.12 bits per heavy atom. The van der Waals surface area contributed by atoms with E-state index in [9.17, 15) is 4.79 Å². The number of halogens is 1. The molecule has 0 unspecified atom stereocenters. The number of benzene rings is 2. The minimum absolute atomic E-state index is 0.0691. The third-order valence-electron chi connectivity index (χ3n) is 3.66. The normalized spacial score (nSPS) is 10.4. The molecule has 0 spiro atoms. The van der Waals surface area contributed by atoms with Crippen LogP contribution in [-0.4, -0.2) is 17.4 Å². The molecule has 0 saturated heterocycles. The van der Waals surface area contributed by atoms with Crippen molar-refractivity contribution in [1.29, 1.82) is 0 Å². The third-order valence-corrected chi connectivity index (χ3v) is 4.77. The highest BCUT2D eigenvalue weighted by molar-refractivity contribution is 7.15. The summed E-state index contributed by atoms with van der Waals surface area (Å²) in [6.45, 7) is 1.24. The number of carbonyl (C=O) groups excluding carboxylic acids is 1. The van der Waals surface area contributed by atoms with Crippen molar-refractivity contribution >= 4 is 34.5 Å². The highest BCUT2D eigenvalue weighted by atomic mass is 35.5. The van der Waals surface area contributed by atoms with Gasteiger partial charge in [0.25, 0.3) is 5.91 Å². The van der Waals surface area contributed by atoms with Gasteiger partial charge in [0, 0.05) is 28.9 Å². The molecule has 0 aliphatic carbocycles. The first-order valence-electron chi connectivity index (χ1n) is 7.97. The number of hydrogen-bond acceptors (Lipinski definition) is 4. The Morgan fingerprint density at radius 2 is 1.96 bits per heavy atom. The van der Waals surface area contributed by atoms with Crippen LogP contribution >= 0.6 is 22.9 Å². The number of carbonyl (C=O) groups is 1. The van der Waals surface area contributed by atoms with Gasteiger partial charge in [-0.3, -0.25) is 4.79 Å². The molecule has 0 bridgehead atoms. The van der Waals surface area contributed by atoms with Gasteiger partial charge in [-0.15, -0.1) is 11.3 Å². The average Bonchev–Trinajstić information content (AvgIpc) is 3.06. The zero-order chi connectivity index (χ0) is 17.5. The van der Waals surface area contributed by atoms with Gasteiger partial charge in [0.15, 0.2) is 4.47 Å². The maximum absolute atomic E-state index is 12.3. The van der Waals surface area contributed by atoms with Crippen LogP contribution in [0.25, 0.3) is 0 Å². The van der Waals surface area contributed by atoms with Gasteiger partial charge in [-0.1, -0.05) is 48.0 Å². The average molecular weight is 372 g/mol. The lowest BCUT2D eigenvalue weighted by atomic mass is 10.1. The molecule has 0 aliphatic rings.